The Hall–Kier alpha value is -2.81. The van der Waals surface area contributed by atoms with Gasteiger partial charge < -0.3 is 5.32 Å². The van der Waals surface area contributed by atoms with Gasteiger partial charge in [0.15, 0.2) is 0 Å². The van der Waals surface area contributed by atoms with E-state index in [9.17, 15) is 23.3 Å². The minimum absolute atomic E-state index is 0.0710. The Labute approximate surface area is 143 Å². The molecule has 0 spiro atoms. The van der Waals surface area contributed by atoms with Gasteiger partial charge in [-0.1, -0.05) is 11.6 Å². The van der Waals surface area contributed by atoms with Gasteiger partial charge in [0.1, 0.15) is 0 Å². The van der Waals surface area contributed by atoms with Gasteiger partial charge in [-0.25, -0.2) is 0 Å². The van der Waals surface area contributed by atoms with E-state index in [1.54, 1.807) is 0 Å². The highest BCUT2D eigenvalue weighted by molar-refractivity contribution is 6.30. The second-order valence-electron chi connectivity index (χ2n) is 5.24. The largest absolute Gasteiger partial charge is 0.416 e. The Bertz CT molecular complexity index is 956. The zero-order valence-electron chi connectivity index (χ0n) is 12.4. The number of rotatable bonds is 4. The van der Waals surface area contributed by atoms with E-state index in [4.69, 9.17) is 11.6 Å². The summed E-state index contributed by atoms with van der Waals surface area (Å²) in [4.78, 5) is 10.5. The molecule has 0 unspecified atom stereocenters. The van der Waals surface area contributed by atoms with Gasteiger partial charge in [-0.15, -0.1) is 0 Å². The maximum absolute atomic E-state index is 13.0. The van der Waals surface area contributed by atoms with Crippen LogP contribution in [0.2, 0.25) is 5.02 Å². The minimum Gasteiger partial charge on any atom is -0.380 e. The van der Waals surface area contributed by atoms with Crippen molar-refractivity contribution in [2.24, 2.45) is 0 Å². The van der Waals surface area contributed by atoms with E-state index >= 15 is 0 Å². The standard InChI is InChI=1S/C15H10ClF3N4O2/c16-10-1-2-14(23(24)25)8(3-10)6-20-12-4-9(15(17,18)19)5-13-11(12)7-21-22-13/h1-5,7,20H,6H2,(H,21,22). The van der Waals surface area contributed by atoms with Crippen LogP contribution in [0.1, 0.15) is 11.1 Å². The summed E-state index contributed by atoms with van der Waals surface area (Å²) in [5.41, 5.74) is -0.406. The molecule has 0 bridgehead atoms. The van der Waals surface area contributed by atoms with E-state index in [-0.39, 0.29) is 29.0 Å². The molecule has 3 rings (SSSR count). The van der Waals surface area contributed by atoms with Gasteiger partial charge in [0.2, 0.25) is 0 Å². The molecule has 6 nitrogen and oxygen atoms in total. The highest BCUT2D eigenvalue weighted by Gasteiger charge is 2.31. The van der Waals surface area contributed by atoms with Crippen LogP contribution in [-0.4, -0.2) is 15.1 Å². The fourth-order valence-electron chi connectivity index (χ4n) is 2.43. The number of halogens is 4. The van der Waals surface area contributed by atoms with E-state index in [0.717, 1.165) is 12.1 Å². The molecule has 0 aliphatic heterocycles. The number of nitro groups is 1. The summed E-state index contributed by atoms with van der Waals surface area (Å²) in [5, 5.41) is 20.8. The fourth-order valence-corrected chi connectivity index (χ4v) is 2.62. The molecule has 130 valence electrons. The number of nitro benzene ring substituents is 1. The summed E-state index contributed by atoms with van der Waals surface area (Å²) in [6, 6.07) is 5.91. The quantitative estimate of drug-likeness (QED) is 0.512. The topological polar surface area (TPSA) is 83.9 Å². The molecule has 0 aliphatic carbocycles. The Balaban J connectivity index is 1.98. The van der Waals surface area contributed by atoms with Gasteiger partial charge in [-0.2, -0.15) is 18.3 Å². The third-order valence-corrected chi connectivity index (χ3v) is 3.83. The smallest absolute Gasteiger partial charge is 0.380 e. The van der Waals surface area contributed by atoms with Crippen molar-refractivity contribution in [1.82, 2.24) is 10.2 Å². The first-order chi connectivity index (χ1) is 11.8. The van der Waals surface area contributed by atoms with Crippen molar-refractivity contribution < 1.29 is 18.1 Å². The first-order valence-corrected chi connectivity index (χ1v) is 7.34. The molecule has 0 amide bonds. The Morgan fingerprint density at radius 3 is 2.72 bits per heavy atom. The number of nitrogens with zero attached hydrogens (tertiary/aromatic N) is 2. The molecule has 0 aliphatic rings. The van der Waals surface area contributed by atoms with E-state index in [2.05, 4.69) is 15.5 Å². The number of alkyl halides is 3. The predicted molar refractivity (Wildman–Crippen MR) is 86.5 cm³/mol. The molecule has 3 aromatic rings. The van der Waals surface area contributed by atoms with Crippen LogP contribution in [0.15, 0.2) is 36.5 Å². The number of hydrogen-bond donors (Lipinski definition) is 2. The maximum atomic E-state index is 13.0. The van der Waals surface area contributed by atoms with Crippen molar-refractivity contribution in [2.75, 3.05) is 5.32 Å². The molecule has 10 heteroatoms. The lowest BCUT2D eigenvalue weighted by molar-refractivity contribution is -0.385. The molecule has 2 aromatic carbocycles. The van der Waals surface area contributed by atoms with Crippen LogP contribution in [0.5, 0.6) is 0 Å². The fraction of sp³-hybridized carbons (Fsp3) is 0.133. The lowest BCUT2D eigenvalue weighted by Crippen LogP contribution is -2.08. The number of benzene rings is 2. The van der Waals surface area contributed by atoms with E-state index in [1.807, 2.05) is 0 Å². The Kier molecular flexibility index (Phi) is 4.25. The van der Waals surface area contributed by atoms with Crippen LogP contribution in [0, 0.1) is 10.1 Å². The van der Waals surface area contributed by atoms with Crippen LogP contribution < -0.4 is 5.32 Å². The van der Waals surface area contributed by atoms with Crippen LogP contribution in [0.25, 0.3) is 10.9 Å². The Morgan fingerprint density at radius 2 is 2.04 bits per heavy atom. The van der Waals surface area contributed by atoms with Crippen LogP contribution in [0.3, 0.4) is 0 Å². The molecular formula is C15H10ClF3N4O2. The molecule has 1 aromatic heterocycles. The van der Waals surface area contributed by atoms with Crippen LogP contribution in [0.4, 0.5) is 24.5 Å². The van der Waals surface area contributed by atoms with E-state index in [1.165, 1.54) is 24.4 Å². The van der Waals surface area contributed by atoms with Crippen molar-refractivity contribution in [3.8, 4) is 0 Å². The molecule has 0 saturated carbocycles. The second kappa shape index (κ2) is 6.25. The van der Waals surface area contributed by atoms with Crippen molar-refractivity contribution in [3.63, 3.8) is 0 Å². The van der Waals surface area contributed by atoms with Crippen molar-refractivity contribution in [1.29, 1.82) is 0 Å². The van der Waals surface area contributed by atoms with Gasteiger partial charge in [0.05, 0.1) is 27.8 Å². The number of hydrogen-bond acceptors (Lipinski definition) is 4. The summed E-state index contributed by atoms with van der Waals surface area (Å²) in [5.74, 6) is 0. The van der Waals surface area contributed by atoms with E-state index in [0.29, 0.717) is 10.4 Å². The zero-order valence-corrected chi connectivity index (χ0v) is 13.1. The molecule has 0 radical (unpaired) electrons. The van der Waals surface area contributed by atoms with E-state index < -0.39 is 16.7 Å². The molecule has 1 heterocycles. The van der Waals surface area contributed by atoms with Gasteiger partial charge in [0.25, 0.3) is 5.69 Å². The summed E-state index contributed by atoms with van der Waals surface area (Å²) >= 11 is 5.85. The van der Waals surface area contributed by atoms with Gasteiger partial charge >= 0.3 is 6.18 Å². The van der Waals surface area contributed by atoms with Crippen molar-refractivity contribution in [3.05, 3.63) is 62.8 Å². The first kappa shape index (κ1) is 17.0. The normalized spacial score (nSPS) is 11.7. The molecule has 0 atom stereocenters. The molecule has 0 saturated heterocycles. The average molecular weight is 371 g/mol. The van der Waals surface area contributed by atoms with Crippen molar-refractivity contribution >= 4 is 33.9 Å². The highest BCUT2D eigenvalue weighted by atomic mass is 35.5. The lowest BCUT2D eigenvalue weighted by atomic mass is 10.1. The maximum Gasteiger partial charge on any atom is 0.416 e. The van der Waals surface area contributed by atoms with Gasteiger partial charge in [0, 0.05) is 28.7 Å². The zero-order chi connectivity index (χ0) is 18.2. The lowest BCUT2D eigenvalue weighted by Gasteiger charge is -2.12. The number of aromatic amines is 1. The Morgan fingerprint density at radius 1 is 1.28 bits per heavy atom. The van der Waals surface area contributed by atoms with Gasteiger partial charge in [-0.3, -0.25) is 15.2 Å². The van der Waals surface area contributed by atoms with Crippen LogP contribution >= 0.6 is 11.6 Å². The molecular weight excluding hydrogens is 361 g/mol. The summed E-state index contributed by atoms with van der Waals surface area (Å²) in [6.45, 7) is -0.0710. The molecule has 2 N–H and O–H groups in total. The molecule has 25 heavy (non-hydrogen) atoms. The third-order valence-electron chi connectivity index (χ3n) is 3.59. The number of H-pyrrole nitrogens is 1. The second-order valence-corrected chi connectivity index (χ2v) is 5.67. The van der Waals surface area contributed by atoms with Crippen LogP contribution in [-0.2, 0) is 12.7 Å². The van der Waals surface area contributed by atoms with Crippen molar-refractivity contribution in [2.45, 2.75) is 12.7 Å². The monoisotopic (exact) mass is 370 g/mol. The predicted octanol–water partition coefficient (Wildman–Crippen LogP) is 4.76. The third kappa shape index (κ3) is 3.50. The SMILES string of the molecule is O=[N+]([O-])c1ccc(Cl)cc1CNc1cc(C(F)(F)F)cc2[nH]ncc12. The number of nitrogens with one attached hydrogen (secondary N) is 2. The summed E-state index contributed by atoms with van der Waals surface area (Å²) in [6.07, 6.45) is -3.15. The number of aromatic nitrogens is 2. The summed E-state index contributed by atoms with van der Waals surface area (Å²) in [7, 11) is 0. The minimum atomic E-state index is -4.53. The van der Waals surface area contributed by atoms with Gasteiger partial charge in [-0.05, 0) is 24.3 Å². The molecule has 0 fully saturated rings. The number of anilines is 1. The highest BCUT2D eigenvalue weighted by Crippen LogP contribution is 2.35. The average Bonchev–Trinajstić information content (AvgIpc) is 3.00. The first-order valence-electron chi connectivity index (χ1n) is 6.97. The number of fused-ring (bicyclic) bond motifs is 1. The summed E-state index contributed by atoms with van der Waals surface area (Å²) < 4.78 is 39.1.